The molecule has 0 unspecified atom stereocenters. The number of carboxylic acids is 1. The van der Waals surface area contributed by atoms with Crippen molar-refractivity contribution < 1.29 is 14.7 Å². The van der Waals surface area contributed by atoms with Crippen LogP contribution >= 0.6 is 0 Å². The second-order valence-corrected chi connectivity index (χ2v) is 4.21. The average Bonchev–Trinajstić information content (AvgIpc) is 2.34. The van der Waals surface area contributed by atoms with Gasteiger partial charge >= 0.3 is 5.97 Å². The van der Waals surface area contributed by atoms with Gasteiger partial charge in [-0.3, -0.25) is 9.69 Å². The van der Waals surface area contributed by atoms with Crippen LogP contribution in [0.3, 0.4) is 0 Å². The number of carbonyl (C=O) groups excluding carboxylic acids is 1. The molecule has 7 heteroatoms. The van der Waals surface area contributed by atoms with Crippen molar-refractivity contribution in [2.24, 2.45) is 0 Å². The molecule has 1 aliphatic rings. The molecular formula is C11H14N4O3. The molecule has 1 fully saturated rings. The Hall–Kier alpha value is -2.02. The zero-order valence-corrected chi connectivity index (χ0v) is 10.0. The van der Waals surface area contributed by atoms with E-state index in [1.54, 1.807) is 11.9 Å². The van der Waals surface area contributed by atoms with Gasteiger partial charge in [-0.15, -0.1) is 0 Å². The summed E-state index contributed by atoms with van der Waals surface area (Å²) < 4.78 is 0. The van der Waals surface area contributed by atoms with E-state index in [2.05, 4.69) is 9.97 Å². The van der Waals surface area contributed by atoms with E-state index in [1.165, 1.54) is 12.5 Å². The molecule has 1 saturated heterocycles. The van der Waals surface area contributed by atoms with Gasteiger partial charge in [-0.05, 0) is 0 Å². The third kappa shape index (κ3) is 2.62. The lowest BCUT2D eigenvalue weighted by Gasteiger charge is -2.31. The molecule has 2 heterocycles. The van der Waals surface area contributed by atoms with Gasteiger partial charge in [0.25, 0.3) is 0 Å². The van der Waals surface area contributed by atoms with Gasteiger partial charge < -0.3 is 10.0 Å². The maximum absolute atomic E-state index is 11.5. The van der Waals surface area contributed by atoms with Crippen LogP contribution in [0.2, 0.25) is 0 Å². The van der Waals surface area contributed by atoms with E-state index >= 15 is 0 Å². The van der Waals surface area contributed by atoms with Crippen molar-refractivity contribution in [1.29, 1.82) is 0 Å². The number of hydrogen-bond donors (Lipinski definition) is 1. The van der Waals surface area contributed by atoms with E-state index in [4.69, 9.17) is 5.11 Å². The quantitative estimate of drug-likeness (QED) is 0.774. The highest BCUT2D eigenvalue weighted by atomic mass is 16.4. The molecule has 0 saturated carbocycles. The van der Waals surface area contributed by atoms with E-state index < -0.39 is 5.97 Å². The van der Waals surface area contributed by atoms with Crippen molar-refractivity contribution in [3.05, 3.63) is 23.8 Å². The van der Waals surface area contributed by atoms with Gasteiger partial charge in [0.2, 0.25) is 5.91 Å². The highest BCUT2D eigenvalue weighted by molar-refractivity contribution is 5.88. The summed E-state index contributed by atoms with van der Waals surface area (Å²) in [6, 6.07) is 0. The van der Waals surface area contributed by atoms with Crippen LogP contribution in [-0.4, -0.2) is 63.4 Å². The maximum Gasteiger partial charge on any atom is 0.339 e. The lowest BCUT2D eigenvalue weighted by atomic mass is 10.2. The fourth-order valence-electron chi connectivity index (χ4n) is 1.81. The molecule has 0 atom stereocenters. The largest absolute Gasteiger partial charge is 0.478 e. The van der Waals surface area contributed by atoms with Crippen LogP contribution in [0.5, 0.6) is 0 Å². The van der Waals surface area contributed by atoms with Gasteiger partial charge in [-0.1, -0.05) is 0 Å². The summed E-state index contributed by atoms with van der Waals surface area (Å²) in [6.45, 7) is 2.00. The molecular weight excluding hydrogens is 236 g/mol. The summed E-state index contributed by atoms with van der Waals surface area (Å²) >= 11 is 0. The van der Waals surface area contributed by atoms with E-state index in [9.17, 15) is 9.59 Å². The van der Waals surface area contributed by atoms with E-state index in [1.807, 2.05) is 4.90 Å². The van der Waals surface area contributed by atoms with Crippen LogP contribution < -0.4 is 0 Å². The number of carboxylic acid groups (broad SMARTS) is 1. The van der Waals surface area contributed by atoms with Gasteiger partial charge in [-0.2, -0.15) is 0 Å². The number of rotatable bonds is 3. The zero-order valence-electron chi connectivity index (χ0n) is 10.0. The first-order valence-electron chi connectivity index (χ1n) is 5.56. The zero-order chi connectivity index (χ0) is 13.1. The summed E-state index contributed by atoms with van der Waals surface area (Å²) in [5.74, 6) is -1.02. The highest BCUT2D eigenvalue weighted by Crippen LogP contribution is 2.10. The lowest BCUT2D eigenvalue weighted by molar-refractivity contribution is -0.134. The molecule has 1 N–H and O–H groups in total. The molecule has 1 aromatic rings. The molecule has 0 aliphatic carbocycles. The van der Waals surface area contributed by atoms with Crippen molar-refractivity contribution in [3.8, 4) is 0 Å². The maximum atomic E-state index is 11.5. The third-order valence-corrected chi connectivity index (χ3v) is 2.93. The Bertz CT molecular complexity index is 477. The summed E-state index contributed by atoms with van der Waals surface area (Å²) in [6.07, 6.45) is 2.60. The minimum Gasteiger partial charge on any atom is -0.478 e. The van der Waals surface area contributed by atoms with Gasteiger partial charge in [0.15, 0.2) is 0 Å². The van der Waals surface area contributed by atoms with Crippen LogP contribution in [0, 0.1) is 0 Å². The predicted octanol–water partition coefficient (Wildman–Crippen LogP) is -0.551. The first kappa shape index (κ1) is 12.4. The Morgan fingerprint density at radius 2 is 2.28 bits per heavy atom. The first-order valence-corrected chi connectivity index (χ1v) is 5.56. The van der Waals surface area contributed by atoms with E-state index in [0.29, 0.717) is 31.9 Å². The topological polar surface area (TPSA) is 86.6 Å². The Kier molecular flexibility index (Phi) is 3.52. The Morgan fingerprint density at radius 1 is 1.50 bits per heavy atom. The van der Waals surface area contributed by atoms with Crippen molar-refractivity contribution in [1.82, 2.24) is 19.8 Å². The predicted molar refractivity (Wildman–Crippen MR) is 61.9 cm³/mol. The molecule has 0 bridgehead atoms. The number of likely N-dealkylation sites (N-methyl/N-ethyl adjacent to an activating group) is 1. The van der Waals surface area contributed by atoms with Crippen molar-refractivity contribution in [2.75, 3.05) is 26.7 Å². The average molecular weight is 250 g/mol. The third-order valence-electron chi connectivity index (χ3n) is 2.93. The van der Waals surface area contributed by atoms with E-state index in [0.717, 1.165) is 0 Å². The monoisotopic (exact) mass is 250 g/mol. The number of hydrogen-bond acceptors (Lipinski definition) is 5. The standard InChI is InChI=1S/C11H14N4O3/c1-14-2-3-15(6-10(14)16)5-9-8(11(17)18)4-12-7-13-9/h4,7H,2-3,5-6H2,1H3,(H,17,18). The number of aromatic nitrogens is 2. The molecule has 1 aliphatic heterocycles. The van der Waals surface area contributed by atoms with Crippen LogP contribution in [0.1, 0.15) is 16.1 Å². The fraction of sp³-hybridized carbons (Fsp3) is 0.455. The van der Waals surface area contributed by atoms with Gasteiger partial charge in [0.05, 0.1) is 12.2 Å². The van der Waals surface area contributed by atoms with Crippen LogP contribution in [0.25, 0.3) is 0 Å². The van der Waals surface area contributed by atoms with Gasteiger partial charge in [0.1, 0.15) is 11.9 Å². The molecule has 18 heavy (non-hydrogen) atoms. The van der Waals surface area contributed by atoms with Gasteiger partial charge in [0, 0.05) is 32.9 Å². The summed E-state index contributed by atoms with van der Waals surface area (Å²) in [7, 11) is 1.76. The number of amides is 1. The van der Waals surface area contributed by atoms with E-state index in [-0.39, 0.29) is 11.5 Å². The normalized spacial score (nSPS) is 16.9. The van der Waals surface area contributed by atoms with Crippen LogP contribution in [-0.2, 0) is 11.3 Å². The SMILES string of the molecule is CN1CCN(Cc2ncncc2C(=O)O)CC1=O. The number of piperazine rings is 1. The number of aromatic carboxylic acids is 1. The van der Waals surface area contributed by atoms with Crippen molar-refractivity contribution in [2.45, 2.75) is 6.54 Å². The summed E-state index contributed by atoms with van der Waals surface area (Å²) in [5, 5.41) is 9.02. The highest BCUT2D eigenvalue weighted by Gasteiger charge is 2.23. The molecule has 1 amide bonds. The second kappa shape index (κ2) is 5.09. The van der Waals surface area contributed by atoms with Crippen molar-refractivity contribution in [3.63, 3.8) is 0 Å². The summed E-state index contributed by atoms with van der Waals surface area (Å²) in [4.78, 5) is 33.8. The molecule has 96 valence electrons. The molecule has 0 radical (unpaired) electrons. The second-order valence-electron chi connectivity index (χ2n) is 4.21. The van der Waals surface area contributed by atoms with Crippen LogP contribution in [0.15, 0.2) is 12.5 Å². The Labute approximate surface area is 104 Å². The molecule has 0 spiro atoms. The Balaban J connectivity index is 2.10. The number of nitrogens with zero attached hydrogens (tertiary/aromatic N) is 4. The first-order chi connectivity index (χ1) is 8.58. The minimum atomic E-state index is -1.05. The molecule has 0 aromatic carbocycles. The molecule has 1 aromatic heterocycles. The minimum absolute atomic E-state index is 0.0344. The number of carbonyl (C=O) groups is 2. The Morgan fingerprint density at radius 3 is 2.94 bits per heavy atom. The molecule has 7 nitrogen and oxygen atoms in total. The van der Waals surface area contributed by atoms with Crippen LogP contribution in [0.4, 0.5) is 0 Å². The van der Waals surface area contributed by atoms with Gasteiger partial charge in [-0.25, -0.2) is 14.8 Å². The smallest absolute Gasteiger partial charge is 0.339 e. The molecule has 2 rings (SSSR count). The van der Waals surface area contributed by atoms with Crippen molar-refractivity contribution >= 4 is 11.9 Å². The summed E-state index contributed by atoms with van der Waals surface area (Å²) in [5.41, 5.74) is 0.527. The lowest BCUT2D eigenvalue weighted by Crippen LogP contribution is -2.48. The fourth-order valence-corrected chi connectivity index (χ4v) is 1.81.